The zero-order valence-electron chi connectivity index (χ0n) is 16.6. The molecule has 0 radical (unpaired) electrons. The van der Waals surface area contributed by atoms with Crippen LogP contribution in [0.15, 0.2) is 83.5 Å². The van der Waals surface area contributed by atoms with E-state index in [2.05, 4.69) is 59.2 Å². The maximum atomic E-state index is 12.0. The van der Waals surface area contributed by atoms with Gasteiger partial charge in [-0.25, -0.2) is 4.79 Å². The molecule has 0 aliphatic carbocycles. The van der Waals surface area contributed by atoms with Gasteiger partial charge in [0.2, 0.25) is 0 Å². The molecule has 0 bridgehead atoms. The monoisotopic (exact) mass is 392 g/mol. The summed E-state index contributed by atoms with van der Waals surface area (Å²) in [6.07, 6.45) is 3.23. The van der Waals surface area contributed by atoms with Crippen LogP contribution in [0.4, 0.5) is 4.79 Å². The summed E-state index contributed by atoms with van der Waals surface area (Å²) in [6.45, 7) is 2.21. The molecule has 3 aromatic rings. The Bertz CT molecular complexity index is 780. The maximum absolute atomic E-state index is 12.0. The predicted octanol–water partition coefficient (Wildman–Crippen LogP) is 4.71. The SMILES string of the molecule is O=C(NCCCOCc1ccco1)NCCC(c1ccccc1)c1ccccc1. The molecule has 5 heteroatoms. The summed E-state index contributed by atoms with van der Waals surface area (Å²) in [5.74, 6) is 1.06. The first-order valence-electron chi connectivity index (χ1n) is 10.0. The fourth-order valence-electron chi connectivity index (χ4n) is 3.23. The highest BCUT2D eigenvalue weighted by molar-refractivity contribution is 5.73. The first-order valence-corrected chi connectivity index (χ1v) is 10.0. The number of benzene rings is 2. The lowest BCUT2D eigenvalue weighted by atomic mass is 9.88. The van der Waals surface area contributed by atoms with Gasteiger partial charge < -0.3 is 19.8 Å². The van der Waals surface area contributed by atoms with Crippen LogP contribution in [-0.4, -0.2) is 25.7 Å². The normalized spacial score (nSPS) is 10.8. The van der Waals surface area contributed by atoms with Gasteiger partial charge in [-0.1, -0.05) is 60.7 Å². The molecular formula is C24H28N2O3. The van der Waals surface area contributed by atoms with Crippen molar-refractivity contribution >= 4 is 6.03 Å². The molecule has 0 saturated carbocycles. The minimum absolute atomic E-state index is 0.143. The molecule has 152 valence electrons. The molecule has 0 aliphatic rings. The molecule has 29 heavy (non-hydrogen) atoms. The molecule has 1 aromatic heterocycles. The molecule has 0 spiro atoms. The second-order valence-electron chi connectivity index (χ2n) is 6.83. The van der Waals surface area contributed by atoms with E-state index in [-0.39, 0.29) is 11.9 Å². The number of amides is 2. The predicted molar refractivity (Wildman–Crippen MR) is 114 cm³/mol. The van der Waals surface area contributed by atoms with Gasteiger partial charge in [0.25, 0.3) is 0 Å². The zero-order chi connectivity index (χ0) is 20.2. The van der Waals surface area contributed by atoms with E-state index in [1.807, 2.05) is 24.3 Å². The molecule has 3 rings (SSSR count). The van der Waals surface area contributed by atoms with E-state index in [1.165, 1.54) is 11.1 Å². The molecule has 2 amide bonds. The molecule has 2 aromatic carbocycles. The van der Waals surface area contributed by atoms with Crippen LogP contribution in [0.3, 0.4) is 0 Å². The van der Waals surface area contributed by atoms with Crippen LogP contribution in [0.25, 0.3) is 0 Å². The molecule has 0 aliphatic heterocycles. The number of rotatable bonds is 11. The highest BCUT2D eigenvalue weighted by atomic mass is 16.5. The van der Waals surface area contributed by atoms with Gasteiger partial charge in [-0.2, -0.15) is 0 Å². The summed E-state index contributed by atoms with van der Waals surface area (Å²) in [7, 11) is 0. The van der Waals surface area contributed by atoms with E-state index in [0.29, 0.717) is 26.3 Å². The first kappa shape index (κ1) is 20.7. The Labute approximate surface area is 172 Å². The van der Waals surface area contributed by atoms with E-state index in [4.69, 9.17) is 9.15 Å². The lowest BCUT2D eigenvalue weighted by Crippen LogP contribution is -2.37. The van der Waals surface area contributed by atoms with Crippen molar-refractivity contribution in [2.75, 3.05) is 19.7 Å². The molecule has 0 saturated heterocycles. The van der Waals surface area contributed by atoms with Crippen LogP contribution < -0.4 is 10.6 Å². The van der Waals surface area contributed by atoms with Crippen molar-refractivity contribution in [3.05, 3.63) is 95.9 Å². The summed E-state index contributed by atoms with van der Waals surface area (Å²) in [4.78, 5) is 12.0. The number of carbonyl (C=O) groups excluding carboxylic acids is 1. The van der Waals surface area contributed by atoms with Gasteiger partial charge in [0, 0.05) is 25.6 Å². The largest absolute Gasteiger partial charge is 0.467 e. The van der Waals surface area contributed by atoms with Crippen molar-refractivity contribution in [1.82, 2.24) is 10.6 Å². The van der Waals surface area contributed by atoms with Gasteiger partial charge >= 0.3 is 6.03 Å². The van der Waals surface area contributed by atoms with E-state index < -0.39 is 0 Å². The van der Waals surface area contributed by atoms with Crippen molar-refractivity contribution in [2.24, 2.45) is 0 Å². The summed E-state index contributed by atoms with van der Waals surface area (Å²) in [5, 5.41) is 5.84. The number of carbonyl (C=O) groups is 1. The minimum atomic E-state index is -0.143. The van der Waals surface area contributed by atoms with E-state index in [0.717, 1.165) is 18.6 Å². The van der Waals surface area contributed by atoms with Crippen molar-refractivity contribution in [3.8, 4) is 0 Å². The fraction of sp³-hybridized carbons (Fsp3) is 0.292. The van der Waals surface area contributed by atoms with Crippen LogP contribution in [-0.2, 0) is 11.3 Å². The van der Waals surface area contributed by atoms with Gasteiger partial charge in [0.1, 0.15) is 12.4 Å². The number of urea groups is 1. The molecule has 1 heterocycles. The van der Waals surface area contributed by atoms with E-state index in [9.17, 15) is 4.79 Å². The van der Waals surface area contributed by atoms with Gasteiger partial charge in [-0.15, -0.1) is 0 Å². The summed E-state index contributed by atoms with van der Waals surface area (Å²) >= 11 is 0. The van der Waals surface area contributed by atoms with Crippen LogP contribution in [0, 0.1) is 0 Å². The Morgan fingerprint density at radius 2 is 1.52 bits per heavy atom. The number of nitrogens with one attached hydrogen (secondary N) is 2. The fourth-order valence-corrected chi connectivity index (χ4v) is 3.23. The quantitative estimate of drug-likeness (QED) is 0.465. The van der Waals surface area contributed by atoms with Crippen LogP contribution in [0.5, 0.6) is 0 Å². The van der Waals surface area contributed by atoms with Crippen LogP contribution in [0.2, 0.25) is 0 Å². The Balaban J connectivity index is 1.35. The highest BCUT2D eigenvalue weighted by Crippen LogP contribution is 2.27. The van der Waals surface area contributed by atoms with Crippen LogP contribution >= 0.6 is 0 Å². The third-order valence-electron chi connectivity index (χ3n) is 4.70. The smallest absolute Gasteiger partial charge is 0.314 e. The summed E-state index contributed by atoms with van der Waals surface area (Å²) in [6, 6.07) is 24.4. The van der Waals surface area contributed by atoms with Crippen molar-refractivity contribution in [2.45, 2.75) is 25.4 Å². The van der Waals surface area contributed by atoms with Crippen molar-refractivity contribution < 1.29 is 13.9 Å². The van der Waals surface area contributed by atoms with Gasteiger partial charge in [-0.3, -0.25) is 0 Å². The molecule has 0 fully saturated rings. The van der Waals surface area contributed by atoms with E-state index >= 15 is 0 Å². The standard InChI is InChI=1S/C24H28N2O3/c27-24(25-15-8-17-28-19-22-13-7-18-29-22)26-16-14-23(20-9-3-1-4-10-20)21-11-5-2-6-12-21/h1-7,9-13,18,23H,8,14-17,19H2,(H2,25,26,27). The third-order valence-corrected chi connectivity index (χ3v) is 4.70. The second kappa shape index (κ2) is 11.7. The minimum Gasteiger partial charge on any atom is -0.467 e. The lowest BCUT2D eigenvalue weighted by molar-refractivity contribution is 0.104. The average Bonchev–Trinajstić information content (AvgIpc) is 3.28. The Hall–Kier alpha value is -3.05. The van der Waals surface area contributed by atoms with Gasteiger partial charge in [0.15, 0.2) is 0 Å². The van der Waals surface area contributed by atoms with Gasteiger partial charge in [0.05, 0.1) is 6.26 Å². The first-order chi connectivity index (χ1) is 14.3. The molecule has 0 atom stereocenters. The van der Waals surface area contributed by atoms with Gasteiger partial charge in [-0.05, 0) is 36.1 Å². The third kappa shape index (κ3) is 7.12. The number of furan rings is 1. The topological polar surface area (TPSA) is 63.5 Å². The maximum Gasteiger partial charge on any atom is 0.314 e. The zero-order valence-corrected chi connectivity index (χ0v) is 16.6. The van der Waals surface area contributed by atoms with E-state index in [1.54, 1.807) is 6.26 Å². The Morgan fingerprint density at radius 1 is 0.862 bits per heavy atom. The lowest BCUT2D eigenvalue weighted by Gasteiger charge is -2.18. The Kier molecular flexibility index (Phi) is 8.35. The van der Waals surface area contributed by atoms with Crippen molar-refractivity contribution in [3.63, 3.8) is 0 Å². The molecular weight excluding hydrogens is 364 g/mol. The second-order valence-corrected chi connectivity index (χ2v) is 6.83. The number of ether oxygens (including phenoxy) is 1. The summed E-state index contributed by atoms with van der Waals surface area (Å²) < 4.78 is 10.7. The molecule has 0 unspecified atom stereocenters. The number of hydrogen-bond donors (Lipinski definition) is 2. The molecule has 2 N–H and O–H groups in total. The Morgan fingerprint density at radius 3 is 2.14 bits per heavy atom. The number of hydrogen-bond acceptors (Lipinski definition) is 3. The molecule has 5 nitrogen and oxygen atoms in total. The highest BCUT2D eigenvalue weighted by Gasteiger charge is 2.14. The van der Waals surface area contributed by atoms with Crippen LogP contribution in [0.1, 0.15) is 35.6 Å². The average molecular weight is 392 g/mol. The van der Waals surface area contributed by atoms with Crippen molar-refractivity contribution in [1.29, 1.82) is 0 Å². The summed E-state index contributed by atoms with van der Waals surface area (Å²) in [5.41, 5.74) is 2.52.